The Morgan fingerprint density at radius 3 is 2.27 bits per heavy atom. The first-order valence-corrected chi connectivity index (χ1v) is 8.81. The predicted molar refractivity (Wildman–Crippen MR) is 99.2 cm³/mol. The van der Waals surface area contributed by atoms with Gasteiger partial charge in [-0.1, -0.05) is 36.4 Å². The monoisotopic (exact) mass is 424 g/mol. The number of nitrogens with one attached hydrogen (secondary N) is 2. The standard InChI is InChI=1S/C20H19F3N2O5/c1-29-13-9-8-12(10-14(13)30-2)16-15(17(26)11-6-4-3-5-7-11)19(28,20(21,22)23)25-18(27)24-16/h3-10,15-16,28H,1-2H3,(H2,24,25,27)/t15-,16+,19-/m0/s1. The number of hydrogen-bond acceptors (Lipinski definition) is 5. The largest absolute Gasteiger partial charge is 0.493 e. The molecule has 2 aromatic rings. The number of benzene rings is 2. The summed E-state index contributed by atoms with van der Waals surface area (Å²) in [4.78, 5) is 25.2. The Balaban J connectivity index is 2.18. The number of halogens is 3. The summed E-state index contributed by atoms with van der Waals surface area (Å²) >= 11 is 0. The minimum absolute atomic E-state index is 0.0476. The summed E-state index contributed by atoms with van der Waals surface area (Å²) in [7, 11) is 2.72. The van der Waals surface area contributed by atoms with Gasteiger partial charge in [-0.25, -0.2) is 4.79 Å². The molecular weight excluding hydrogens is 405 g/mol. The highest BCUT2D eigenvalue weighted by Crippen LogP contribution is 2.45. The molecular formula is C20H19F3N2O5. The van der Waals surface area contributed by atoms with E-state index in [0.29, 0.717) is 5.75 Å². The zero-order chi connectivity index (χ0) is 22.1. The van der Waals surface area contributed by atoms with Crippen LogP contribution >= 0.6 is 0 Å². The number of ketones is 1. The van der Waals surface area contributed by atoms with Gasteiger partial charge in [0.1, 0.15) is 5.92 Å². The summed E-state index contributed by atoms with van der Waals surface area (Å²) in [6.07, 6.45) is -5.32. The van der Waals surface area contributed by atoms with Crippen LogP contribution in [0, 0.1) is 5.92 Å². The van der Waals surface area contributed by atoms with Crippen LogP contribution in [-0.4, -0.2) is 43.0 Å². The zero-order valence-corrected chi connectivity index (χ0v) is 16.0. The number of amides is 2. The number of methoxy groups -OCH3 is 2. The molecule has 3 N–H and O–H groups in total. The van der Waals surface area contributed by atoms with E-state index in [1.54, 1.807) is 6.07 Å². The van der Waals surface area contributed by atoms with Crippen LogP contribution in [0.25, 0.3) is 0 Å². The number of rotatable bonds is 5. The number of aliphatic hydroxyl groups is 1. The van der Waals surface area contributed by atoms with Gasteiger partial charge in [0, 0.05) is 5.56 Å². The maximum Gasteiger partial charge on any atom is 0.437 e. The fraction of sp³-hybridized carbons (Fsp3) is 0.300. The molecule has 1 fully saturated rings. The fourth-order valence-corrected chi connectivity index (χ4v) is 3.45. The lowest BCUT2D eigenvalue weighted by atomic mass is 9.77. The molecule has 10 heteroatoms. The van der Waals surface area contributed by atoms with Crippen LogP contribution < -0.4 is 20.1 Å². The molecule has 3 atom stereocenters. The Kier molecular flexibility index (Phi) is 5.62. The number of urea groups is 1. The van der Waals surface area contributed by atoms with Gasteiger partial charge in [-0.2, -0.15) is 13.2 Å². The molecule has 3 rings (SSSR count). The molecule has 30 heavy (non-hydrogen) atoms. The quantitative estimate of drug-likeness (QED) is 0.642. The smallest absolute Gasteiger partial charge is 0.437 e. The lowest BCUT2D eigenvalue weighted by molar-refractivity contribution is -0.287. The molecule has 2 amide bonds. The Morgan fingerprint density at radius 1 is 1.07 bits per heavy atom. The highest BCUT2D eigenvalue weighted by molar-refractivity contribution is 6.00. The molecule has 1 heterocycles. The number of carbonyl (C=O) groups is 2. The second-order valence-corrected chi connectivity index (χ2v) is 6.66. The number of carbonyl (C=O) groups excluding carboxylic acids is 2. The van der Waals surface area contributed by atoms with Crippen molar-refractivity contribution in [3.63, 3.8) is 0 Å². The number of Topliss-reactive ketones (excluding diaryl/α,β-unsaturated/α-hetero) is 1. The molecule has 1 saturated heterocycles. The van der Waals surface area contributed by atoms with Gasteiger partial charge in [0.2, 0.25) is 5.72 Å². The van der Waals surface area contributed by atoms with E-state index in [9.17, 15) is 27.9 Å². The number of hydrogen-bond donors (Lipinski definition) is 3. The fourth-order valence-electron chi connectivity index (χ4n) is 3.45. The third-order valence-corrected chi connectivity index (χ3v) is 4.91. The van der Waals surface area contributed by atoms with Crippen LogP contribution in [0.2, 0.25) is 0 Å². The second-order valence-electron chi connectivity index (χ2n) is 6.66. The Bertz CT molecular complexity index is 951. The zero-order valence-electron chi connectivity index (χ0n) is 16.0. The van der Waals surface area contributed by atoms with Crippen molar-refractivity contribution >= 4 is 11.8 Å². The van der Waals surface area contributed by atoms with Gasteiger partial charge >= 0.3 is 12.2 Å². The number of alkyl halides is 3. The molecule has 0 saturated carbocycles. The van der Waals surface area contributed by atoms with Gasteiger partial charge < -0.3 is 25.2 Å². The number of ether oxygens (including phenoxy) is 2. The summed E-state index contributed by atoms with van der Waals surface area (Å²) in [5, 5.41) is 14.4. The first-order valence-electron chi connectivity index (χ1n) is 8.81. The maximum atomic E-state index is 13.9. The van der Waals surface area contributed by atoms with Crippen LogP contribution in [0.15, 0.2) is 48.5 Å². The van der Waals surface area contributed by atoms with Crippen molar-refractivity contribution in [2.45, 2.75) is 17.9 Å². The summed E-state index contributed by atoms with van der Waals surface area (Å²) in [6.45, 7) is 0. The van der Waals surface area contributed by atoms with Gasteiger partial charge in [-0.15, -0.1) is 0 Å². The first-order chi connectivity index (χ1) is 14.1. The molecule has 0 spiro atoms. The lowest BCUT2D eigenvalue weighted by Crippen LogP contribution is -2.72. The maximum absolute atomic E-state index is 13.9. The third kappa shape index (κ3) is 3.65. The van der Waals surface area contributed by atoms with Crippen molar-refractivity contribution in [2.24, 2.45) is 5.92 Å². The van der Waals surface area contributed by atoms with E-state index >= 15 is 0 Å². The van der Waals surface area contributed by atoms with Gasteiger partial charge in [-0.05, 0) is 17.7 Å². The summed E-state index contributed by atoms with van der Waals surface area (Å²) in [5.41, 5.74) is -3.71. The Morgan fingerprint density at radius 2 is 1.70 bits per heavy atom. The molecule has 0 bridgehead atoms. The first kappa shape index (κ1) is 21.4. The lowest BCUT2D eigenvalue weighted by Gasteiger charge is -2.45. The molecule has 2 aromatic carbocycles. The van der Waals surface area contributed by atoms with E-state index in [1.807, 2.05) is 0 Å². The summed E-state index contributed by atoms with van der Waals surface area (Å²) in [5.74, 6) is -2.62. The van der Waals surface area contributed by atoms with Crippen LogP contribution in [0.5, 0.6) is 11.5 Å². The molecule has 1 aliphatic rings. The van der Waals surface area contributed by atoms with Crippen LogP contribution in [0.1, 0.15) is 22.0 Å². The van der Waals surface area contributed by atoms with Crippen molar-refractivity contribution in [3.05, 3.63) is 59.7 Å². The molecule has 7 nitrogen and oxygen atoms in total. The van der Waals surface area contributed by atoms with Crippen molar-refractivity contribution in [1.29, 1.82) is 0 Å². The van der Waals surface area contributed by atoms with Gasteiger partial charge in [0.25, 0.3) is 0 Å². The normalized spacial score (nSPS) is 23.9. The molecule has 0 unspecified atom stereocenters. The second kappa shape index (κ2) is 7.86. The van der Waals surface area contributed by atoms with E-state index in [1.165, 1.54) is 62.0 Å². The van der Waals surface area contributed by atoms with Crippen LogP contribution in [0.4, 0.5) is 18.0 Å². The highest BCUT2D eigenvalue weighted by Gasteiger charge is 2.66. The minimum Gasteiger partial charge on any atom is -0.493 e. The topological polar surface area (TPSA) is 96.9 Å². The molecule has 1 aliphatic heterocycles. The molecule has 0 aliphatic carbocycles. The van der Waals surface area contributed by atoms with Crippen LogP contribution in [0.3, 0.4) is 0 Å². The average molecular weight is 424 g/mol. The van der Waals surface area contributed by atoms with Gasteiger partial charge in [0.05, 0.1) is 20.3 Å². The SMILES string of the molecule is COc1ccc([C@H]2NC(=O)N[C@@](O)(C(F)(F)F)[C@@H]2C(=O)c2ccccc2)cc1OC. The highest BCUT2D eigenvalue weighted by atomic mass is 19.4. The van der Waals surface area contributed by atoms with Crippen molar-refractivity contribution in [3.8, 4) is 11.5 Å². The average Bonchev–Trinajstić information content (AvgIpc) is 2.72. The minimum atomic E-state index is -5.32. The molecule has 0 radical (unpaired) electrons. The van der Waals surface area contributed by atoms with E-state index in [0.717, 1.165) is 0 Å². The van der Waals surface area contributed by atoms with E-state index in [4.69, 9.17) is 9.47 Å². The van der Waals surface area contributed by atoms with E-state index in [-0.39, 0.29) is 16.9 Å². The van der Waals surface area contributed by atoms with Crippen molar-refractivity contribution < 1.29 is 37.3 Å². The summed E-state index contributed by atoms with van der Waals surface area (Å²) < 4.78 is 52.0. The van der Waals surface area contributed by atoms with Crippen molar-refractivity contribution in [1.82, 2.24) is 10.6 Å². The van der Waals surface area contributed by atoms with E-state index in [2.05, 4.69) is 5.32 Å². The van der Waals surface area contributed by atoms with Crippen LogP contribution in [-0.2, 0) is 0 Å². The predicted octanol–water partition coefficient (Wildman–Crippen LogP) is 2.81. The van der Waals surface area contributed by atoms with Gasteiger partial charge in [-0.3, -0.25) is 4.79 Å². The van der Waals surface area contributed by atoms with E-state index < -0.39 is 35.7 Å². The molecule has 160 valence electrons. The third-order valence-electron chi connectivity index (χ3n) is 4.91. The Hall–Kier alpha value is -3.27. The summed E-state index contributed by atoms with van der Waals surface area (Å²) in [6, 6.07) is 8.63. The Labute approximate surface area is 169 Å². The van der Waals surface area contributed by atoms with Gasteiger partial charge in [0.15, 0.2) is 17.3 Å². The van der Waals surface area contributed by atoms with Crippen molar-refractivity contribution in [2.75, 3.05) is 14.2 Å². The molecule has 0 aromatic heterocycles.